The first-order valence-corrected chi connectivity index (χ1v) is 21.5. The third-order valence-corrected chi connectivity index (χ3v) is 9.29. The van der Waals surface area contributed by atoms with Crippen molar-refractivity contribution < 1.29 is 32.8 Å². The van der Waals surface area contributed by atoms with E-state index in [-0.39, 0.29) is 32.3 Å². The van der Waals surface area contributed by atoms with Gasteiger partial charge in [-0.3, -0.25) is 13.8 Å². The Labute approximate surface area is 301 Å². The molecule has 0 aromatic heterocycles. The van der Waals surface area contributed by atoms with E-state index in [0.29, 0.717) is 13.0 Å². The molecule has 0 rings (SSSR count). The highest BCUT2D eigenvalue weighted by Crippen LogP contribution is 2.43. The van der Waals surface area contributed by atoms with Gasteiger partial charge >= 0.3 is 13.8 Å². The van der Waals surface area contributed by atoms with Crippen molar-refractivity contribution in [2.24, 2.45) is 5.73 Å². The summed E-state index contributed by atoms with van der Waals surface area (Å²) in [7, 11) is -4.27. The number of carbonyl (C=O) groups is 1. The standard InChI is InChI=1S/C40H76NO7P/c1-3-5-7-9-11-13-15-16-17-18-19-20-21-22-23-25-27-29-31-33-40(42)48-39(38-47-49(43,44)46-36-34-41)37-45-35-32-30-28-26-24-14-12-10-8-6-4-2/h11,13,16-17,19-20,39H,3-10,12,14-15,18,21-38,41H2,1-2H3,(H,43,44)/b13-11-,17-16-,20-19-. The molecule has 0 aromatic carbocycles. The molecule has 0 saturated heterocycles. The summed E-state index contributed by atoms with van der Waals surface area (Å²) >= 11 is 0. The lowest BCUT2D eigenvalue weighted by atomic mass is 10.1. The van der Waals surface area contributed by atoms with Gasteiger partial charge in [-0.05, 0) is 51.4 Å². The smallest absolute Gasteiger partial charge is 0.457 e. The maximum absolute atomic E-state index is 12.5. The van der Waals surface area contributed by atoms with Crippen LogP contribution in [0.4, 0.5) is 0 Å². The van der Waals surface area contributed by atoms with Crippen molar-refractivity contribution in [3.63, 3.8) is 0 Å². The van der Waals surface area contributed by atoms with E-state index in [9.17, 15) is 14.3 Å². The van der Waals surface area contributed by atoms with Crippen LogP contribution < -0.4 is 5.73 Å². The molecule has 9 heteroatoms. The molecule has 2 unspecified atom stereocenters. The molecule has 0 amide bonds. The zero-order valence-corrected chi connectivity index (χ0v) is 32.6. The van der Waals surface area contributed by atoms with Gasteiger partial charge in [-0.1, -0.05) is 153 Å². The molecule has 0 saturated carbocycles. The second kappa shape index (κ2) is 38.0. The number of phosphoric acid groups is 1. The van der Waals surface area contributed by atoms with Gasteiger partial charge in [0.05, 0.1) is 19.8 Å². The lowest BCUT2D eigenvalue weighted by Crippen LogP contribution is -2.28. The summed E-state index contributed by atoms with van der Waals surface area (Å²) < 4.78 is 33.3. The Balaban J connectivity index is 4.07. The van der Waals surface area contributed by atoms with Crippen LogP contribution in [-0.4, -0.2) is 49.9 Å². The van der Waals surface area contributed by atoms with Gasteiger partial charge in [-0.15, -0.1) is 0 Å². The first kappa shape index (κ1) is 47.7. The number of rotatable bonds is 38. The molecule has 0 aromatic rings. The minimum atomic E-state index is -4.27. The highest BCUT2D eigenvalue weighted by atomic mass is 31.2. The largest absolute Gasteiger partial charge is 0.472 e. The van der Waals surface area contributed by atoms with Crippen molar-refractivity contribution in [3.8, 4) is 0 Å². The first-order chi connectivity index (χ1) is 23.9. The third-order valence-electron chi connectivity index (χ3n) is 8.31. The molecule has 288 valence electrons. The summed E-state index contributed by atoms with van der Waals surface area (Å²) in [6.45, 7) is 4.88. The molecular formula is C40H76NO7P. The molecule has 3 N–H and O–H groups in total. The average molecular weight is 714 g/mol. The van der Waals surface area contributed by atoms with Crippen molar-refractivity contribution in [2.45, 2.75) is 180 Å². The summed E-state index contributed by atoms with van der Waals surface area (Å²) in [5.74, 6) is -0.343. The monoisotopic (exact) mass is 714 g/mol. The number of unbranched alkanes of at least 4 members (excludes halogenated alkanes) is 19. The van der Waals surface area contributed by atoms with E-state index in [0.717, 1.165) is 57.8 Å². The molecule has 49 heavy (non-hydrogen) atoms. The molecule has 0 fully saturated rings. The number of esters is 1. The van der Waals surface area contributed by atoms with E-state index >= 15 is 0 Å². The zero-order chi connectivity index (χ0) is 35.9. The zero-order valence-electron chi connectivity index (χ0n) is 31.7. The molecule has 0 aliphatic carbocycles. The molecule has 0 bridgehead atoms. The highest BCUT2D eigenvalue weighted by molar-refractivity contribution is 7.47. The van der Waals surface area contributed by atoms with Crippen LogP contribution in [0, 0.1) is 0 Å². The fraction of sp³-hybridized carbons (Fsp3) is 0.825. The lowest BCUT2D eigenvalue weighted by molar-refractivity contribution is -0.154. The number of hydrogen-bond acceptors (Lipinski definition) is 7. The van der Waals surface area contributed by atoms with Gasteiger partial charge in [-0.2, -0.15) is 0 Å². The second-order valence-corrected chi connectivity index (χ2v) is 14.6. The summed E-state index contributed by atoms with van der Waals surface area (Å²) in [6, 6.07) is 0. The number of allylic oxidation sites excluding steroid dienone is 6. The Bertz CT molecular complexity index is 848. The minimum absolute atomic E-state index is 0.0978. The van der Waals surface area contributed by atoms with E-state index in [1.165, 1.54) is 96.3 Å². The van der Waals surface area contributed by atoms with E-state index < -0.39 is 13.9 Å². The van der Waals surface area contributed by atoms with Crippen molar-refractivity contribution in [3.05, 3.63) is 36.5 Å². The normalized spacial score (nSPS) is 14.0. The minimum Gasteiger partial charge on any atom is -0.457 e. The molecular weight excluding hydrogens is 637 g/mol. The van der Waals surface area contributed by atoms with Crippen molar-refractivity contribution >= 4 is 13.8 Å². The van der Waals surface area contributed by atoms with Crippen molar-refractivity contribution in [1.29, 1.82) is 0 Å². The van der Waals surface area contributed by atoms with Gasteiger partial charge in [0.25, 0.3) is 0 Å². The van der Waals surface area contributed by atoms with Gasteiger partial charge in [0, 0.05) is 19.6 Å². The van der Waals surface area contributed by atoms with Crippen LogP contribution in [-0.2, 0) is 27.9 Å². The topological polar surface area (TPSA) is 117 Å². The summed E-state index contributed by atoms with van der Waals surface area (Å²) in [5, 5.41) is 0. The Morgan fingerprint density at radius 1 is 0.612 bits per heavy atom. The summed E-state index contributed by atoms with van der Waals surface area (Å²) in [5.41, 5.74) is 5.35. The van der Waals surface area contributed by atoms with Crippen LogP contribution in [0.25, 0.3) is 0 Å². The van der Waals surface area contributed by atoms with Crippen LogP contribution in [0.3, 0.4) is 0 Å². The Morgan fingerprint density at radius 2 is 1.08 bits per heavy atom. The van der Waals surface area contributed by atoms with E-state index in [4.69, 9.17) is 24.3 Å². The van der Waals surface area contributed by atoms with Gasteiger partial charge in [-0.25, -0.2) is 4.57 Å². The van der Waals surface area contributed by atoms with E-state index in [1.807, 2.05) is 0 Å². The third kappa shape index (κ3) is 37.8. The van der Waals surface area contributed by atoms with Crippen molar-refractivity contribution in [1.82, 2.24) is 0 Å². The fourth-order valence-corrected chi connectivity index (χ4v) is 6.12. The van der Waals surface area contributed by atoms with Crippen LogP contribution in [0.1, 0.15) is 174 Å². The number of nitrogens with two attached hydrogens (primary N) is 1. The molecule has 0 spiro atoms. The maximum Gasteiger partial charge on any atom is 0.472 e. The molecule has 0 heterocycles. The van der Waals surface area contributed by atoms with Crippen LogP contribution in [0.5, 0.6) is 0 Å². The van der Waals surface area contributed by atoms with E-state index in [2.05, 4.69) is 50.3 Å². The first-order valence-electron chi connectivity index (χ1n) is 20.0. The maximum atomic E-state index is 12.5. The van der Waals surface area contributed by atoms with Gasteiger partial charge < -0.3 is 20.1 Å². The van der Waals surface area contributed by atoms with E-state index in [1.54, 1.807) is 0 Å². The molecule has 0 aliphatic rings. The quantitative estimate of drug-likeness (QED) is 0.0281. The highest BCUT2D eigenvalue weighted by Gasteiger charge is 2.25. The van der Waals surface area contributed by atoms with Crippen LogP contribution >= 0.6 is 7.82 Å². The Hall–Kier alpha value is -1.28. The Morgan fingerprint density at radius 3 is 1.65 bits per heavy atom. The van der Waals surface area contributed by atoms with Gasteiger partial charge in [0.15, 0.2) is 0 Å². The van der Waals surface area contributed by atoms with Gasteiger partial charge in [0.2, 0.25) is 0 Å². The fourth-order valence-electron chi connectivity index (χ4n) is 5.36. The lowest BCUT2D eigenvalue weighted by Gasteiger charge is -2.20. The predicted molar refractivity (Wildman–Crippen MR) is 206 cm³/mol. The molecule has 0 radical (unpaired) electrons. The van der Waals surface area contributed by atoms with Crippen LogP contribution in [0.2, 0.25) is 0 Å². The van der Waals surface area contributed by atoms with Crippen molar-refractivity contribution in [2.75, 3.05) is 33.0 Å². The Kier molecular flexibility index (Phi) is 37.0. The van der Waals surface area contributed by atoms with Crippen LogP contribution in [0.15, 0.2) is 36.5 Å². The molecule has 2 atom stereocenters. The predicted octanol–water partition coefficient (Wildman–Crippen LogP) is 11.5. The summed E-state index contributed by atoms with van der Waals surface area (Å²) in [6.07, 6.45) is 41.5. The van der Waals surface area contributed by atoms with Gasteiger partial charge in [0.1, 0.15) is 6.10 Å². The summed E-state index contributed by atoms with van der Waals surface area (Å²) in [4.78, 5) is 22.4. The number of hydrogen-bond donors (Lipinski definition) is 2. The molecule has 8 nitrogen and oxygen atoms in total. The molecule has 0 aliphatic heterocycles. The number of carbonyl (C=O) groups excluding carboxylic acids is 1. The SMILES string of the molecule is CCCCC/C=C\C/C=C\C/C=C\CCCCCCCCC(=O)OC(COCCCCCCCCCCCCC)COP(=O)(O)OCCN. The average Bonchev–Trinajstić information content (AvgIpc) is 3.09. The second-order valence-electron chi connectivity index (χ2n) is 13.1. The number of ether oxygens (including phenoxy) is 2. The number of phosphoric ester groups is 1.